The number of nitro groups is 1. The van der Waals surface area contributed by atoms with Gasteiger partial charge in [-0.1, -0.05) is 0 Å². The van der Waals surface area contributed by atoms with Crippen molar-refractivity contribution in [2.75, 3.05) is 57.8 Å². The van der Waals surface area contributed by atoms with Gasteiger partial charge in [0.2, 0.25) is 5.91 Å². The molecule has 1 unspecified atom stereocenters. The Labute approximate surface area is 159 Å². The quantitative estimate of drug-likeness (QED) is 0.556. The van der Waals surface area contributed by atoms with Crippen LogP contribution in [0.2, 0.25) is 0 Å². The van der Waals surface area contributed by atoms with E-state index in [2.05, 4.69) is 9.80 Å². The van der Waals surface area contributed by atoms with E-state index >= 15 is 0 Å². The molecule has 3 rings (SSSR count). The lowest BCUT2D eigenvalue weighted by atomic mass is 10.1. The van der Waals surface area contributed by atoms with Gasteiger partial charge in [0.05, 0.1) is 17.6 Å². The Balaban J connectivity index is 1.43. The zero-order chi connectivity index (χ0) is 19.2. The van der Waals surface area contributed by atoms with Gasteiger partial charge >= 0.3 is 0 Å². The van der Waals surface area contributed by atoms with Crippen molar-refractivity contribution in [2.24, 2.45) is 0 Å². The molecule has 1 aromatic rings. The van der Waals surface area contributed by atoms with E-state index in [-0.39, 0.29) is 17.7 Å². The largest absolute Gasteiger partial charge is 0.377 e. The van der Waals surface area contributed by atoms with Crippen LogP contribution in [-0.2, 0) is 9.53 Å². The van der Waals surface area contributed by atoms with E-state index in [1.165, 1.54) is 18.6 Å². The van der Waals surface area contributed by atoms with Gasteiger partial charge in [0.1, 0.15) is 0 Å². The SMILES string of the molecule is CN(CC(=O)N1CCN(c2ccc([N+](=O)[O-])cc2)CC1)CC1CCCCO1. The van der Waals surface area contributed by atoms with Gasteiger partial charge in [-0.25, -0.2) is 0 Å². The monoisotopic (exact) mass is 376 g/mol. The average Bonchev–Trinajstić information content (AvgIpc) is 2.69. The van der Waals surface area contributed by atoms with Crippen LogP contribution in [0.15, 0.2) is 24.3 Å². The molecule has 2 heterocycles. The maximum atomic E-state index is 12.6. The molecule has 1 atom stereocenters. The van der Waals surface area contributed by atoms with Crippen molar-refractivity contribution < 1.29 is 14.5 Å². The van der Waals surface area contributed by atoms with Gasteiger partial charge in [-0.05, 0) is 38.4 Å². The number of nitrogens with zero attached hydrogens (tertiary/aromatic N) is 4. The van der Waals surface area contributed by atoms with E-state index in [0.717, 1.165) is 44.8 Å². The summed E-state index contributed by atoms with van der Waals surface area (Å²) in [5, 5.41) is 10.8. The summed E-state index contributed by atoms with van der Waals surface area (Å²) in [5.74, 6) is 0.150. The fourth-order valence-electron chi connectivity index (χ4n) is 3.69. The summed E-state index contributed by atoms with van der Waals surface area (Å²) in [7, 11) is 1.98. The summed E-state index contributed by atoms with van der Waals surface area (Å²) in [6.45, 7) is 4.86. The van der Waals surface area contributed by atoms with Crippen LogP contribution in [0.5, 0.6) is 0 Å². The van der Waals surface area contributed by atoms with E-state index < -0.39 is 4.92 Å². The first-order valence-electron chi connectivity index (χ1n) is 9.60. The number of rotatable bonds is 6. The molecule has 2 saturated heterocycles. The van der Waals surface area contributed by atoms with Crippen molar-refractivity contribution in [3.8, 4) is 0 Å². The lowest BCUT2D eigenvalue weighted by Gasteiger charge is -2.37. The lowest BCUT2D eigenvalue weighted by Crippen LogP contribution is -2.51. The summed E-state index contributed by atoms with van der Waals surface area (Å²) in [4.78, 5) is 29.0. The first kappa shape index (κ1) is 19.6. The van der Waals surface area contributed by atoms with Gasteiger partial charge in [-0.15, -0.1) is 0 Å². The highest BCUT2D eigenvalue weighted by Crippen LogP contribution is 2.20. The highest BCUT2D eigenvalue weighted by molar-refractivity contribution is 5.78. The Kier molecular flexibility index (Phi) is 6.63. The fraction of sp³-hybridized carbons (Fsp3) is 0.632. The molecule has 0 saturated carbocycles. The van der Waals surface area contributed by atoms with E-state index in [0.29, 0.717) is 19.6 Å². The summed E-state index contributed by atoms with van der Waals surface area (Å²) < 4.78 is 5.75. The number of hydrogen-bond acceptors (Lipinski definition) is 6. The lowest BCUT2D eigenvalue weighted by molar-refractivity contribution is -0.384. The van der Waals surface area contributed by atoms with E-state index in [4.69, 9.17) is 4.74 Å². The van der Waals surface area contributed by atoms with Crippen LogP contribution in [0.1, 0.15) is 19.3 Å². The number of benzene rings is 1. The molecule has 1 amide bonds. The third-order valence-corrected chi connectivity index (χ3v) is 5.25. The van der Waals surface area contributed by atoms with Gasteiger partial charge in [0.15, 0.2) is 0 Å². The Hall–Kier alpha value is -2.19. The molecular formula is C19H28N4O4. The van der Waals surface area contributed by atoms with Gasteiger partial charge < -0.3 is 14.5 Å². The molecule has 0 aromatic heterocycles. The predicted octanol–water partition coefficient (Wildman–Crippen LogP) is 1.74. The minimum absolute atomic E-state index is 0.0950. The molecule has 2 aliphatic rings. The topological polar surface area (TPSA) is 79.2 Å². The predicted molar refractivity (Wildman–Crippen MR) is 103 cm³/mol. The van der Waals surface area contributed by atoms with Gasteiger partial charge in [-0.3, -0.25) is 19.8 Å². The van der Waals surface area contributed by atoms with Gasteiger partial charge in [0.25, 0.3) is 5.69 Å². The molecule has 8 heteroatoms. The smallest absolute Gasteiger partial charge is 0.269 e. The zero-order valence-electron chi connectivity index (χ0n) is 15.9. The van der Waals surface area contributed by atoms with Crippen molar-refractivity contribution in [3.05, 3.63) is 34.4 Å². The number of anilines is 1. The molecule has 2 fully saturated rings. The highest BCUT2D eigenvalue weighted by Gasteiger charge is 2.24. The molecule has 0 bridgehead atoms. The number of ether oxygens (including phenoxy) is 1. The number of carbonyl (C=O) groups excluding carboxylic acids is 1. The van der Waals surface area contributed by atoms with Crippen molar-refractivity contribution >= 4 is 17.3 Å². The summed E-state index contributed by atoms with van der Waals surface area (Å²) >= 11 is 0. The van der Waals surface area contributed by atoms with E-state index in [1.807, 2.05) is 11.9 Å². The second-order valence-electron chi connectivity index (χ2n) is 7.33. The molecule has 8 nitrogen and oxygen atoms in total. The van der Waals surface area contributed by atoms with Crippen LogP contribution in [0.25, 0.3) is 0 Å². The average molecular weight is 376 g/mol. The highest BCUT2D eigenvalue weighted by atomic mass is 16.6. The Bertz CT molecular complexity index is 638. The van der Waals surface area contributed by atoms with Crippen LogP contribution in [0.4, 0.5) is 11.4 Å². The summed E-state index contributed by atoms with van der Waals surface area (Å²) in [6, 6.07) is 6.59. The van der Waals surface area contributed by atoms with E-state index in [1.54, 1.807) is 12.1 Å². The Morgan fingerprint density at radius 1 is 1.22 bits per heavy atom. The molecule has 0 spiro atoms. The first-order chi connectivity index (χ1) is 13.0. The number of non-ortho nitro benzene ring substituents is 1. The molecule has 0 N–H and O–H groups in total. The van der Waals surface area contributed by atoms with Crippen LogP contribution in [-0.4, -0.2) is 79.7 Å². The molecule has 2 aliphatic heterocycles. The summed E-state index contributed by atoms with van der Waals surface area (Å²) in [5.41, 5.74) is 1.05. The number of likely N-dealkylation sites (N-methyl/N-ethyl adjacent to an activating group) is 1. The number of hydrogen-bond donors (Lipinski definition) is 0. The number of piperazine rings is 1. The van der Waals surface area contributed by atoms with Crippen molar-refractivity contribution in [2.45, 2.75) is 25.4 Å². The number of nitro benzene ring substituents is 1. The van der Waals surface area contributed by atoms with Crippen molar-refractivity contribution in [1.82, 2.24) is 9.80 Å². The molecule has 27 heavy (non-hydrogen) atoms. The maximum Gasteiger partial charge on any atom is 0.269 e. The normalized spacial score (nSPS) is 20.7. The Morgan fingerprint density at radius 2 is 1.93 bits per heavy atom. The molecular weight excluding hydrogens is 348 g/mol. The van der Waals surface area contributed by atoms with Crippen molar-refractivity contribution in [3.63, 3.8) is 0 Å². The maximum absolute atomic E-state index is 12.6. The second-order valence-corrected chi connectivity index (χ2v) is 7.33. The third-order valence-electron chi connectivity index (χ3n) is 5.25. The van der Waals surface area contributed by atoms with Crippen molar-refractivity contribution in [1.29, 1.82) is 0 Å². The second kappa shape index (κ2) is 9.14. The van der Waals surface area contributed by atoms with Crippen LogP contribution >= 0.6 is 0 Å². The van der Waals surface area contributed by atoms with Crippen LogP contribution in [0, 0.1) is 10.1 Å². The number of carbonyl (C=O) groups is 1. The molecule has 0 aliphatic carbocycles. The van der Waals surface area contributed by atoms with E-state index in [9.17, 15) is 14.9 Å². The zero-order valence-corrected chi connectivity index (χ0v) is 15.9. The summed E-state index contributed by atoms with van der Waals surface area (Å²) in [6.07, 6.45) is 3.66. The first-order valence-corrected chi connectivity index (χ1v) is 9.60. The Morgan fingerprint density at radius 3 is 2.52 bits per heavy atom. The minimum atomic E-state index is -0.394. The van der Waals surface area contributed by atoms with Crippen LogP contribution in [0.3, 0.4) is 0 Å². The third kappa shape index (κ3) is 5.40. The fourth-order valence-corrected chi connectivity index (χ4v) is 3.69. The van der Waals surface area contributed by atoms with Crippen LogP contribution < -0.4 is 4.90 Å². The molecule has 148 valence electrons. The standard InChI is InChI=1S/C19H28N4O4/c1-20(14-18-4-2-3-13-27-18)15-19(24)22-11-9-21(10-12-22)16-5-7-17(8-6-16)23(25)26/h5-8,18H,2-4,9-15H2,1H3. The minimum Gasteiger partial charge on any atom is -0.377 e. The number of amides is 1. The molecule has 1 aromatic carbocycles. The van der Waals surface area contributed by atoms with Gasteiger partial charge in [0, 0.05) is 57.2 Å². The van der Waals surface area contributed by atoms with Gasteiger partial charge in [-0.2, -0.15) is 0 Å². The molecule has 0 radical (unpaired) electrons.